The topological polar surface area (TPSA) is 109 Å². The van der Waals surface area contributed by atoms with Gasteiger partial charge >= 0.3 is 5.97 Å². The summed E-state index contributed by atoms with van der Waals surface area (Å²) in [5, 5.41) is 3.46. The fourth-order valence-corrected chi connectivity index (χ4v) is 4.89. The number of carbonyl (C=O) groups is 2. The molecule has 1 aliphatic rings. The average molecular weight is 427 g/mol. The first kappa shape index (κ1) is 20.1. The number of nitrogens with zero attached hydrogens (tertiary/aromatic N) is 1. The number of esters is 1. The van der Waals surface area contributed by atoms with Crippen molar-refractivity contribution < 1.29 is 22.7 Å². The Balaban J connectivity index is 1.33. The third-order valence-electron chi connectivity index (χ3n) is 4.93. The van der Waals surface area contributed by atoms with Crippen LogP contribution in [0.5, 0.6) is 0 Å². The van der Waals surface area contributed by atoms with Crippen molar-refractivity contribution in [1.29, 1.82) is 0 Å². The molecule has 2 N–H and O–H groups in total. The largest absolute Gasteiger partial charge is 0.451 e. The molecule has 1 amide bonds. The van der Waals surface area contributed by atoms with Gasteiger partial charge in [-0.1, -0.05) is 18.2 Å². The zero-order valence-corrected chi connectivity index (χ0v) is 16.9. The molecule has 156 valence electrons. The molecular weight excluding hydrogens is 406 g/mol. The monoisotopic (exact) mass is 427 g/mol. The fraction of sp³-hybridized carbons (Fsp3) is 0.238. The van der Waals surface area contributed by atoms with Crippen molar-refractivity contribution in [2.75, 3.05) is 25.0 Å². The minimum Gasteiger partial charge on any atom is -0.451 e. The van der Waals surface area contributed by atoms with Gasteiger partial charge in [-0.3, -0.25) is 4.79 Å². The lowest BCUT2D eigenvalue weighted by Crippen LogP contribution is -2.27. The van der Waals surface area contributed by atoms with Crippen LogP contribution in [0.25, 0.3) is 10.9 Å². The smallest absolute Gasteiger partial charge is 0.355 e. The third-order valence-corrected chi connectivity index (χ3v) is 6.84. The molecule has 1 saturated heterocycles. The minimum atomic E-state index is -3.50. The van der Waals surface area contributed by atoms with Gasteiger partial charge in [-0.15, -0.1) is 0 Å². The zero-order valence-electron chi connectivity index (χ0n) is 16.1. The summed E-state index contributed by atoms with van der Waals surface area (Å²) in [6, 6.07) is 15.0. The Kier molecular flexibility index (Phi) is 5.56. The number of hydrogen-bond acceptors (Lipinski definition) is 5. The molecule has 9 heteroatoms. The van der Waals surface area contributed by atoms with Gasteiger partial charge in [-0.05, 0) is 49.2 Å². The van der Waals surface area contributed by atoms with E-state index >= 15 is 0 Å². The van der Waals surface area contributed by atoms with E-state index in [1.54, 1.807) is 6.07 Å². The van der Waals surface area contributed by atoms with Crippen molar-refractivity contribution in [2.24, 2.45) is 0 Å². The second-order valence-electron chi connectivity index (χ2n) is 7.03. The van der Waals surface area contributed by atoms with Gasteiger partial charge in [0, 0.05) is 29.7 Å². The highest BCUT2D eigenvalue weighted by Crippen LogP contribution is 2.22. The van der Waals surface area contributed by atoms with Gasteiger partial charge in [0.1, 0.15) is 5.69 Å². The Morgan fingerprint density at radius 1 is 1.03 bits per heavy atom. The van der Waals surface area contributed by atoms with Crippen LogP contribution in [0, 0.1) is 0 Å². The number of sulfonamides is 1. The highest BCUT2D eigenvalue weighted by atomic mass is 32.2. The maximum absolute atomic E-state index is 12.5. The quantitative estimate of drug-likeness (QED) is 0.588. The van der Waals surface area contributed by atoms with Crippen LogP contribution in [-0.2, 0) is 19.6 Å². The lowest BCUT2D eigenvalue weighted by molar-refractivity contribution is -0.119. The highest BCUT2D eigenvalue weighted by Gasteiger charge is 2.27. The standard InChI is InChI=1S/C21H21N3O5S/c25-20(14-29-21(26)19-13-15-5-1-2-6-18(15)23-19)22-16-7-9-17(10-8-16)30(27,28)24-11-3-4-12-24/h1-2,5-10,13,23H,3-4,11-12,14H2,(H,22,25). The average Bonchev–Trinajstić information content (AvgIpc) is 3.42. The van der Waals surface area contributed by atoms with Gasteiger partial charge in [0.15, 0.2) is 6.61 Å². The van der Waals surface area contributed by atoms with Crippen molar-refractivity contribution in [3.05, 3.63) is 60.3 Å². The summed E-state index contributed by atoms with van der Waals surface area (Å²) in [6.07, 6.45) is 1.73. The molecule has 1 aliphatic heterocycles. The van der Waals surface area contributed by atoms with E-state index < -0.39 is 28.5 Å². The number of aromatic amines is 1. The van der Waals surface area contributed by atoms with Crippen molar-refractivity contribution in [2.45, 2.75) is 17.7 Å². The lowest BCUT2D eigenvalue weighted by Gasteiger charge is -2.15. The van der Waals surface area contributed by atoms with Crippen molar-refractivity contribution >= 4 is 38.5 Å². The summed E-state index contributed by atoms with van der Waals surface area (Å²) in [7, 11) is -3.50. The third kappa shape index (κ3) is 4.22. The van der Waals surface area contributed by atoms with Crippen LogP contribution >= 0.6 is 0 Å². The predicted octanol–water partition coefficient (Wildman–Crippen LogP) is 2.75. The number of nitrogens with one attached hydrogen (secondary N) is 2. The molecule has 0 atom stereocenters. The van der Waals surface area contributed by atoms with Gasteiger partial charge in [-0.2, -0.15) is 4.31 Å². The summed E-state index contributed by atoms with van der Waals surface area (Å²) >= 11 is 0. The van der Waals surface area contributed by atoms with Crippen LogP contribution in [0.3, 0.4) is 0 Å². The van der Waals surface area contributed by atoms with E-state index in [9.17, 15) is 18.0 Å². The first-order chi connectivity index (χ1) is 14.4. The van der Waals surface area contributed by atoms with Gasteiger partial charge < -0.3 is 15.0 Å². The molecule has 0 aliphatic carbocycles. The number of carbonyl (C=O) groups excluding carboxylic acids is 2. The van der Waals surface area contributed by atoms with E-state index in [0.29, 0.717) is 18.8 Å². The molecule has 30 heavy (non-hydrogen) atoms. The van der Waals surface area contributed by atoms with Gasteiger partial charge in [0.25, 0.3) is 5.91 Å². The van der Waals surface area contributed by atoms with Crippen molar-refractivity contribution in [1.82, 2.24) is 9.29 Å². The van der Waals surface area contributed by atoms with Gasteiger partial charge in [0.2, 0.25) is 10.0 Å². The number of aromatic nitrogens is 1. The maximum Gasteiger partial charge on any atom is 0.355 e. The maximum atomic E-state index is 12.5. The molecule has 2 heterocycles. The van der Waals surface area contributed by atoms with Crippen molar-refractivity contribution in [3.8, 4) is 0 Å². The van der Waals surface area contributed by atoms with Crippen LogP contribution < -0.4 is 5.32 Å². The molecule has 0 saturated carbocycles. The minimum absolute atomic E-state index is 0.188. The molecule has 2 aromatic carbocycles. The Labute approximate surface area is 173 Å². The van der Waals surface area contributed by atoms with Crippen LogP contribution in [-0.4, -0.2) is 49.3 Å². The first-order valence-electron chi connectivity index (χ1n) is 9.58. The van der Waals surface area contributed by atoms with E-state index in [0.717, 1.165) is 23.7 Å². The molecule has 0 bridgehead atoms. The van der Waals surface area contributed by atoms with E-state index in [1.807, 2.05) is 24.3 Å². The molecular formula is C21H21N3O5S. The molecule has 1 fully saturated rings. The molecule has 0 spiro atoms. The van der Waals surface area contributed by atoms with E-state index in [1.165, 1.54) is 28.6 Å². The summed E-state index contributed by atoms with van der Waals surface area (Å²) in [4.78, 5) is 27.4. The number of benzene rings is 2. The summed E-state index contributed by atoms with van der Waals surface area (Å²) in [6.45, 7) is 0.604. The second kappa shape index (κ2) is 8.29. The number of anilines is 1. The molecule has 8 nitrogen and oxygen atoms in total. The summed E-state index contributed by atoms with van der Waals surface area (Å²) < 4.78 is 31.6. The lowest BCUT2D eigenvalue weighted by atomic mass is 10.2. The van der Waals surface area contributed by atoms with Crippen LogP contribution in [0.2, 0.25) is 0 Å². The van der Waals surface area contributed by atoms with Crippen molar-refractivity contribution in [3.63, 3.8) is 0 Å². The number of amides is 1. The number of para-hydroxylation sites is 1. The normalized spacial score (nSPS) is 14.7. The highest BCUT2D eigenvalue weighted by molar-refractivity contribution is 7.89. The van der Waals surface area contributed by atoms with E-state index in [4.69, 9.17) is 4.74 Å². The number of H-pyrrole nitrogens is 1. The number of ether oxygens (including phenoxy) is 1. The van der Waals surface area contributed by atoms with E-state index in [2.05, 4.69) is 10.3 Å². The number of hydrogen-bond donors (Lipinski definition) is 2. The van der Waals surface area contributed by atoms with Crippen LogP contribution in [0.4, 0.5) is 5.69 Å². The molecule has 3 aromatic rings. The molecule has 0 unspecified atom stereocenters. The Hall–Kier alpha value is -3.17. The SMILES string of the molecule is O=C(COC(=O)c1cc2ccccc2[nH]1)Nc1ccc(S(=O)(=O)N2CCCC2)cc1. The zero-order chi connectivity index (χ0) is 21.1. The summed E-state index contributed by atoms with van der Waals surface area (Å²) in [5.41, 5.74) is 1.49. The van der Waals surface area contributed by atoms with Gasteiger partial charge in [-0.25, -0.2) is 13.2 Å². The fourth-order valence-electron chi connectivity index (χ4n) is 3.38. The Morgan fingerprint density at radius 2 is 1.73 bits per heavy atom. The number of fused-ring (bicyclic) bond motifs is 1. The summed E-state index contributed by atoms with van der Waals surface area (Å²) in [5.74, 6) is -1.15. The van der Waals surface area contributed by atoms with Gasteiger partial charge in [0.05, 0.1) is 4.90 Å². The predicted molar refractivity (Wildman–Crippen MR) is 112 cm³/mol. The molecule has 1 aromatic heterocycles. The molecule has 0 radical (unpaired) electrons. The van der Waals surface area contributed by atoms with Crippen LogP contribution in [0.1, 0.15) is 23.3 Å². The number of rotatable bonds is 6. The van der Waals surface area contributed by atoms with Crippen LogP contribution in [0.15, 0.2) is 59.5 Å². The Morgan fingerprint density at radius 3 is 2.43 bits per heavy atom. The van der Waals surface area contributed by atoms with E-state index in [-0.39, 0.29) is 10.6 Å². The molecule has 4 rings (SSSR count). The first-order valence-corrected chi connectivity index (χ1v) is 11.0. The Bertz CT molecular complexity index is 1150. The second-order valence-corrected chi connectivity index (χ2v) is 8.97.